The summed E-state index contributed by atoms with van der Waals surface area (Å²) in [7, 11) is 1.30. The highest BCUT2D eigenvalue weighted by Gasteiger charge is 2.77. The van der Waals surface area contributed by atoms with E-state index >= 15 is 4.39 Å². The van der Waals surface area contributed by atoms with Gasteiger partial charge in [0.15, 0.2) is 41.8 Å². The topological polar surface area (TPSA) is 195 Å². The van der Waals surface area contributed by atoms with Crippen molar-refractivity contribution in [3.05, 3.63) is 63.8 Å². The average Bonchev–Trinajstić information content (AvgIpc) is 3.34. The molecule has 5 rings (SSSR count). The summed E-state index contributed by atoms with van der Waals surface area (Å²) >= 11 is 0. The van der Waals surface area contributed by atoms with Crippen LogP contribution in [0.25, 0.3) is 6.08 Å². The first-order valence-electron chi connectivity index (χ1n) is 18.0. The van der Waals surface area contributed by atoms with Gasteiger partial charge in [-0.2, -0.15) is 0 Å². The van der Waals surface area contributed by atoms with E-state index in [-0.39, 0.29) is 30.1 Å². The van der Waals surface area contributed by atoms with Crippen LogP contribution in [-0.2, 0) is 38.3 Å². The molecule has 1 N–H and O–H groups in total. The van der Waals surface area contributed by atoms with Crippen molar-refractivity contribution in [2.45, 2.75) is 90.0 Å². The van der Waals surface area contributed by atoms with E-state index in [1.807, 2.05) is 6.92 Å². The minimum atomic E-state index is -2.16. The first-order chi connectivity index (χ1) is 25.5. The number of ether oxygens (including phenoxy) is 4. The van der Waals surface area contributed by atoms with Gasteiger partial charge in [0.2, 0.25) is 5.78 Å². The van der Waals surface area contributed by atoms with Crippen molar-refractivity contribution in [2.75, 3.05) is 20.3 Å². The van der Waals surface area contributed by atoms with Crippen LogP contribution in [0.4, 0.5) is 4.39 Å². The van der Waals surface area contributed by atoms with Gasteiger partial charge in [-0.3, -0.25) is 14.4 Å². The lowest BCUT2D eigenvalue weighted by Gasteiger charge is -2.62. The van der Waals surface area contributed by atoms with Gasteiger partial charge in [0.05, 0.1) is 13.2 Å². The molecule has 14 nitrogen and oxygen atoms in total. The van der Waals surface area contributed by atoms with Crippen LogP contribution in [-0.4, -0.2) is 77.4 Å². The number of hydrogen-bond acceptors (Lipinski definition) is 13. The van der Waals surface area contributed by atoms with Gasteiger partial charge in [-0.25, -0.2) is 14.0 Å². The minimum Gasteiger partial charge on any atom is -0.493 e. The van der Waals surface area contributed by atoms with Crippen LogP contribution in [0.15, 0.2) is 48.1 Å². The molecule has 4 aliphatic carbocycles. The van der Waals surface area contributed by atoms with E-state index in [1.54, 1.807) is 26.8 Å². The first kappa shape index (κ1) is 40.3. The number of Topliss-reactive ketones (excluding diaryl/α,β-unsaturated/α-hetero) is 1. The predicted molar refractivity (Wildman–Crippen MR) is 188 cm³/mol. The zero-order valence-corrected chi connectivity index (χ0v) is 31.0. The number of carbonyl (C=O) groups excluding carboxylic acids is 5. The maximum absolute atomic E-state index is 17.8. The number of hydrogen-bond donors (Lipinski definition) is 1. The van der Waals surface area contributed by atoms with E-state index in [1.165, 1.54) is 43.5 Å². The second kappa shape index (κ2) is 15.4. The lowest BCUT2D eigenvalue weighted by molar-refractivity contribution is -0.754. The quantitative estimate of drug-likeness (QED) is 0.0875. The van der Waals surface area contributed by atoms with E-state index < -0.39 is 87.9 Å². The van der Waals surface area contributed by atoms with Crippen LogP contribution in [0.1, 0.15) is 78.2 Å². The third-order valence-corrected chi connectivity index (χ3v) is 12.1. The Morgan fingerprint density at radius 1 is 1.11 bits per heavy atom. The molecular weight excluding hydrogens is 709 g/mol. The highest BCUT2D eigenvalue weighted by molar-refractivity contribution is 6.01. The maximum atomic E-state index is 17.8. The Bertz CT molecular complexity index is 1810. The van der Waals surface area contributed by atoms with E-state index in [4.69, 9.17) is 18.9 Å². The molecule has 3 saturated carbocycles. The number of halogens is 1. The first-order valence-corrected chi connectivity index (χ1v) is 18.0. The van der Waals surface area contributed by atoms with Crippen molar-refractivity contribution >= 4 is 35.6 Å². The van der Waals surface area contributed by atoms with Gasteiger partial charge in [0.25, 0.3) is 5.09 Å². The summed E-state index contributed by atoms with van der Waals surface area (Å²) in [5.41, 5.74) is -5.44. The Morgan fingerprint density at radius 3 is 2.54 bits per heavy atom. The summed E-state index contributed by atoms with van der Waals surface area (Å²) in [6.07, 6.45) is 7.27. The van der Waals surface area contributed by atoms with Gasteiger partial charge < -0.3 is 28.9 Å². The number of allylic oxidation sites excluding steroid dienone is 4. The lowest BCUT2D eigenvalue weighted by atomic mass is 9.44. The molecule has 0 saturated heterocycles. The number of methoxy groups -OCH3 is 1. The second-order valence-corrected chi connectivity index (χ2v) is 15.0. The van der Waals surface area contributed by atoms with E-state index in [2.05, 4.69) is 4.84 Å². The molecule has 54 heavy (non-hydrogen) atoms. The molecule has 3 fully saturated rings. The molecule has 15 heteroatoms. The van der Waals surface area contributed by atoms with Gasteiger partial charge in [-0.05, 0) is 80.9 Å². The second-order valence-electron chi connectivity index (χ2n) is 15.0. The van der Waals surface area contributed by atoms with Crippen molar-refractivity contribution in [3.63, 3.8) is 0 Å². The number of rotatable bonds is 14. The molecule has 292 valence electrons. The van der Waals surface area contributed by atoms with Gasteiger partial charge in [-0.15, -0.1) is 10.1 Å². The van der Waals surface area contributed by atoms with Gasteiger partial charge in [0.1, 0.15) is 0 Å². The van der Waals surface area contributed by atoms with E-state index in [9.17, 15) is 39.2 Å². The molecule has 1 unspecified atom stereocenters. The third kappa shape index (κ3) is 6.93. The van der Waals surface area contributed by atoms with E-state index in [0.717, 1.165) is 6.08 Å². The lowest BCUT2D eigenvalue weighted by Crippen LogP contribution is -2.70. The molecule has 0 amide bonds. The highest BCUT2D eigenvalue weighted by atomic mass is 19.1. The number of esters is 3. The van der Waals surface area contributed by atoms with Crippen molar-refractivity contribution in [3.8, 4) is 11.5 Å². The third-order valence-electron chi connectivity index (χ3n) is 12.1. The van der Waals surface area contributed by atoms with Crippen LogP contribution < -0.4 is 9.47 Å². The standard InChI is InChI=1S/C39H46FNO13/c1-6-7-8-34(46)54-39(32(44)21-51-33(45)14-10-24-9-13-29(30(18-24)50-5)53-35(47)22-52-41(48)49)23(2)17-28-27-12-11-25-19-26(42)15-16-36(25,3)38(27,40)31(43)20-37(28,39)4/h9-10,13-16,18-19,23,27-28,31,43H,6-8,11-12,17,20-22H2,1-5H3/t23-,27?,28-,31-,36-,37-,38-,39-/m0/s1. The Labute approximate surface area is 311 Å². The van der Waals surface area contributed by atoms with Crippen molar-refractivity contribution < 1.29 is 62.3 Å². The zero-order chi connectivity index (χ0) is 39.6. The van der Waals surface area contributed by atoms with Crippen LogP contribution in [0, 0.1) is 38.7 Å². The molecule has 8 atom stereocenters. The van der Waals surface area contributed by atoms with Crippen LogP contribution >= 0.6 is 0 Å². The van der Waals surface area contributed by atoms with Crippen molar-refractivity contribution in [1.82, 2.24) is 0 Å². The molecule has 0 bridgehead atoms. The zero-order valence-electron chi connectivity index (χ0n) is 31.0. The van der Waals surface area contributed by atoms with E-state index in [0.29, 0.717) is 43.2 Å². The Kier molecular flexibility index (Phi) is 11.5. The fourth-order valence-electron chi connectivity index (χ4n) is 9.54. The number of fused-ring (bicyclic) bond motifs is 5. The summed E-state index contributed by atoms with van der Waals surface area (Å²) < 4.78 is 39.6. The Morgan fingerprint density at radius 2 is 1.85 bits per heavy atom. The van der Waals surface area contributed by atoms with Gasteiger partial charge in [0, 0.05) is 35.2 Å². The molecule has 0 spiro atoms. The molecule has 1 aromatic rings. The van der Waals surface area contributed by atoms with Crippen LogP contribution in [0.3, 0.4) is 0 Å². The number of ketones is 2. The summed E-state index contributed by atoms with van der Waals surface area (Å²) in [5.74, 6) is -5.30. The normalized spacial score (nSPS) is 32.4. The molecular formula is C39H46FNO13. The summed E-state index contributed by atoms with van der Waals surface area (Å²) in [6, 6.07) is 4.22. The summed E-state index contributed by atoms with van der Waals surface area (Å²) in [6.45, 7) is 5.43. The highest BCUT2D eigenvalue weighted by Crippen LogP contribution is 2.71. The monoisotopic (exact) mass is 755 g/mol. The predicted octanol–water partition coefficient (Wildman–Crippen LogP) is 5.02. The Balaban J connectivity index is 1.37. The average molecular weight is 756 g/mol. The molecule has 0 aliphatic heterocycles. The number of alkyl halides is 1. The smallest absolute Gasteiger partial charge is 0.337 e. The SMILES string of the molecule is CCCCC(=O)O[C@]1(C(=O)COC(=O)C=Cc2ccc(OC(=O)CO[N+](=O)[O-])c(OC)c2)[C@@H](C)C[C@H]2C3CCC4=CC(=O)C=C[C@]4(C)[C@@]3(F)[C@@H](O)C[C@@]21C. The van der Waals surface area contributed by atoms with Crippen LogP contribution in [0.2, 0.25) is 0 Å². The molecule has 0 heterocycles. The number of aliphatic hydroxyl groups excluding tert-OH is 1. The minimum absolute atomic E-state index is 0.0414. The van der Waals surface area contributed by atoms with Gasteiger partial charge in [-0.1, -0.05) is 44.9 Å². The summed E-state index contributed by atoms with van der Waals surface area (Å²) in [4.78, 5) is 79.2. The van der Waals surface area contributed by atoms with Crippen molar-refractivity contribution in [1.29, 1.82) is 0 Å². The number of carbonyl (C=O) groups is 5. The molecule has 4 aliphatic rings. The van der Waals surface area contributed by atoms with Crippen molar-refractivity contribution in [2.24, 2.45) is 28.6 Å². The maximum Gasteiger partial charge on any atom is 0.337 e. The fourth-order valence-corrected chi connectivity index (χ4v) is 9.54. The molecule has 0 radical (unpaired) electrons. The number of unbranched alkanes of at least 4 members (excludes halogenated alkanes) is 1. The molecule has 1 aromatic carbocycles. The largest absolute Gasteiger partial charge is 0.493 e. The fraction of sp³-hybridized carbons (Fsp3) is 0.564. The number of aliphatic hydroxyl groups is 1. The number of nitrogens with zero attached hydrogens (tertiary/aromatic N) is 1. The van der Waals surface area contributed by atoms with Crippen LogP contribution in [0.5, 0.6) is 11.5 Å². The number of benzene rings is 1. The molecule has 0 aromatic heterocycles. The summed E-state index contributed by atoms with van der Waals surface area (Å²) in [5, 5.41) is 21.0. The Hall–Kier alpha value is -4.92. The van der Waals surface area contributed by atoms with Gasteiger partial charge >= 0.3 is 17.9 Å².